The molecule has 5 nitrogen and oxygen atoms in total. The first-order chi connectivity index (χ1) is 13.3. The molecule has 1 aromatic carbocycles. The molecule has 0 saturated heterocycles. The fourth-order valence-electron chi connectivity index (χ4n) is 2.73. The second-order valence-electron chi connectivity index (χ2n) is 5.98. The van der Waals surface area contributed by atoms with Gasteiger partial charge in [0.2, 0.25) is 0 Å². The first-order valence-electron chi connectivity index (χ1n) is 8.49. The maximum atomic E-state index is 12.1. The molecule has 0 fully saturated rings. The van der Waals surface area contributed by atoms with Gasteiger partial charge in [-0.05, 0) is 46.7 Å². The van der Waals surface area contributed by atoms with Crippen molar-refractivity contribution in [3.63, 3.8) is 0 Å². The quantitative estimate of drug-likeness (QED) is 0.488. The molecular weight excluding hydrogens is 358 g/mol. The summed E-state index contributed by atoms with van der Waals surface area (Å²) < 4.78 is 5.69. The molecule has 0 unspecified atom stereocenters. The second-order valence-corrected chi connectivity index (χ2v) is 6.76. The van der Waals surface area contributed by atoms with Gasteiger partial charge in [0.15, 0.2) is 5.78 Å². The summed E-state index contributed by atoms with van der Waals surface area (Å²) in [6, 6.07) is 13.6. The molecule has 0 atom stereocenters. The number of thiophene rings is 1. The number of nitrogens with zero attached hydrogens (tertiary/aromatic N) is 2. The minimum absolute atomic E-state index is 0.0319. The molecule has 134 valence electrons. The van der Waals surface area contributed by atoms with Gasteiger partial charge in [0.1, 0.15) is 24.6 Å². The largest absolute Gasteiger partial charge is 0.483 e. The number of rotatable bonds is 7. The molecule has 0 radical (unpaired) electrons. The lowest BCUT2D eigenvalue weighted by Crippen LogP contribution is -2.14. The molecule has 3 aromatic heterocycles. The maximum absolute atomic E-state index is 12.1. The lowest BCUT2D eigenvalue weighted by Gasteiger charge is -2.08. The minimum Gasteiger partial charge on any atom is -0.483 e. The van der Waals surface area contributed by atoms with Crippen molar-refractivity contribution in [2.45, 2.75) is 0 Å². The highest BCUT2D eigenvalue weighted by atomic mass is 32.1. The van der Waals surface area contributed by atoms with Crippen molar-refractivity contribution in [2.24, 2.45) is 4.99 Å². The monoisotopic (exact) mass is 375 g/mol. The fraction of sp³-hybridized carbons (Fsp3) is 0.0952. The summed E-state index contributed by atoms with van der Waals surface area (Å²) in [6.07, 6.45) is 5.32. The number of pyridine rings is 1. The zero-order valence-electron chi connectivity index (χ0n) is 14.5. The summed E-state index contributed by atoms with van der Waals surface area (Å²) in [5.41, 5.74) is 3.73. The molecule has 0 aliphatic rings. The van der Waals surface area contributed by atoms with Crippen molar-refractivity contribution in [3.8, 4) is 17.0 Å². The van der Waals surface area contributed by atoms with Crippen LogP contribution in [0.1, 0.15) is 5.56 Å². The number of aromatic amines is 1. The van der Waals surface area contributed by atoms with Gasteiger partial charge < -0.3 is 9.72 Å². The van der Waals surface area contributed by atoms with Gasteiger partial charge in [-0.3, -0.25) is 14.8 Å². The molecule has 0 bridgehead atoms. The topological polar surface area (TPSA) is 67.3 Å². The first-order valence-corrected chi connectivity index (χ1v) is 9.43. The van der Waals surface area contributed by atoms with E-state index in [4.69, 9.17) is 4.74 Å². The Bertz CT molecular complexity index is 1080. The van der Waals surface area contributed by atoms with E-state index in [9.17, 15) is 4.79 Å². The van der Waals surface area contributed by atoms with Crippen LogP contribution in [0.2, 0.25) is 0 Å². The Kier molecular flexibility index (Phi) is 5.07. The molecule has 0 saturated carbocycles. The predicted octanol–water partition coefficient (Wildman–Crippen LogP) is 4.36. The van der Waals surface area contributed by atoms with Crippen LogP contribution in [0.25, 0.3) is 22.2 Å². The van der Waals surface area contributed by atoms with Crippen LogP contribution in [0.3, 0.4) is 0 Å². The van der Waals surface area contributed by atoms with Crippen LogP contribution in [0.4, 0.5) is 0 Å². The number of benzene rings is 1. The Balaban J connectivity index is 1.35. The predicted molar refractivity (Wildman–Crippen MR) is 109 cm³/mol. The van der Waals surface area contributed by atoms with Crippen LogP contribution in [-0.4, -0.2) is 35.1 Å². The molecule has 3 heterocycles. The second kappa shape index (κ2) is 7.97. The first kappa shape index (κ1) is 17.2. The summed E-state index contributed by atoms with van der Waals surface area (Å²) in [7, 11) is 0. The van der Waals surface area contributed by atoms with Gasteiger partial charge in [0.05, 0.1) is 0 Å². The zero-order chi connectivity index (χ0) is 18.5. The average molecular weight is 375 g/mol. The summed E-state index contributed by atoms with van der Waals surface area (Å²) in [6.45, 7) is 0.0483. The average Bonchev–Trinajstić information content (AvgIpc) is 3.38. The lowest BCUT2D eigenvalue weighted by atomic mass is 10.2. The van der Waals surface area contributed by atoms with E-state index >= 15 is 0 Å². The van der Waals surface area contributed by atoms with Gasteiger partial charge in [0, 0.05) is 35.1 Å². The van der Waals surface area contributed by atoms with E-state index in [-0.39, 0.29) is 18.9 Å². The molecular formula is C21H17N3O2S. The van der Waals surface area contributed by atoms with Crippen molar-refractivity contribution in [2.75, 3.05) is 13.2 Å². The van der Waals surface area contributed by atoms with Crippen molar-refractivity contribution in [3.05, 3.63) is 71.2 Å². The highest BCUT2D eigenvalue weighted by molar-refractivity contribution is 7.08. The van der Waals surface area contributed by atoms with Crippen molar-refractivity contribution in [1.29, 1.82) is 0 Å². The number of H-pyrrole nitrogens is 1. The molecule has 6 heteroatoms. The Labute approximate surface area is 160 Å². The molecule has 1 N–H and O–H groups in total. The van der Waals surface area contributed by atoms with Gasteiger partial charge >= 0.3 is 0 Å². The standard InChI is InChI=1S/C21H17N3O2S/c25-18(12-22-11-15-3-4-16-5-8-23-19(16)10-15)13-26-20-2-1-7-24-21(20)17-6-9-27-14-17/h1-11,14,23H,12-13H2. The molecule has 4 aromatic rings. The van der Waals surface area contributed by atoms with E-state index < -0.39 is 0 Å². The number of ether oxygens (including phenoxy) is 1. The van der Waals surface area contributed by atoms with E-state index in [2.05, 4.69) is 15.0 Å². The van der Waals surface area contributed by atoms with Gasteiger partial charge in [-0.15, -0.1) is 0 Å². The number of nitrogens with one attached hydrogen (secondary N) is 1. The maximum Gasteiger partial charge on any atom is 0.191 e. The Morgan fingerprint density at radius 1 is 1.26 bits per heavy atom. The molecule has 0 aliphatic heterocycles. The summed E-state index contributed by atoms with van der Waals surface area (Å²) in [5.74, 6) is 0.512. The lowest BCUT2D eigenvalue weighted by molar-refractivity contribution is -0.119. The van der Waals surface area contributed by atoms with E-state index in [1.165, 1.54) is 0 Å². The number of carbonyl (C=O) groups is 1. The van der Waals surface area contributed by atoms with Gasteiger partial charge in [-0.2, -0.15) is 11.3 Å². The number of fused-ring (bicyclic) bond motifs is 1. The number of hydrogen-bond acceptors (Lipinski definition) is 5. The van der Waals surface area contributed by atoms with E-state index in [1.807, 2.05) is 53.4 Å². The minimum atomic E-state index is -0.0904. The summed E-state index contributed by atoms with van der Waals surface area (Å²) >= 11 is 1.59. The normalized spacial score (nSPS) is 11.3. The number of hydrogen-bond donors (Lipinski definition) is 1. The third-order valence-corrected chi connectivity index (χ3v) is 4.72. The molecule has 4 rings (SSSR count). The number of carbonyl (C=O) groups excluding carboxylic acids is 1. The Hall–Kier alpha value is -3.25. The SMILES string of the molecule is O=C(CN=Cc1ccc2cc[nH]c2c1)COc1cccnc1-c1ccsc1. The number of ketones is 1. The van der Waals surface area contributed by atoms with Crippen LogP contribution in [0.5, 0.6) is 5.75 Å². The highest BCUT2D eigenvalue weighted by Gasteiger charge is 2.09. The molecule has 27 heavy (non-hydrogen) atoms. The third kappa shape index (κ3) is 4.12. The van der Waals surface area contributed by atoms with E-state index in [1.54, 1.807) is 29.8 Å². The highest BCUT2D eigenvalue weighted by Crippen LogP contribution is 2.28. The van der Waals surface area contributed by atoms with Crippen LogP contribution in [0, 0.1) is 0 Å². The molecule has 0 spiro atoms. The van der Waals surface area contributed by atoms with Crippen LogP contribution >= 0.6 is 11.3 Å². The third-order valence-electron chi connectivity index (χ3n) is 4.04. The zero-order valence-corrected chi connectivity index (χ0v) is 15.3. The van der Waals surface area contributed by atoms with E-state index in [0.717, 1.165) is 27.7 Å². The number of aromatic nitrogens is 2. The van der Waals surface area contributed by atoms with Crippen LogP contribution in [0.15, 0.2) is 70.6 Å². The Morgan fingerprint density at radius 3 is 3.11 bits per heavy atom. The smallest absolute Gasteiger partial charge is 0.191 e. The van der Waals surface area contributed by atoms with E-state index in [0.29, 0.717) is 5.75 Å². The van der Waals surface area contributed by atoms with Crippen molar-refractivity contribution in [1.82, 2.24) is 9.97 Å². The summed E-state index contributed by atoms with van der Waals surface area (Å²) in [4.78, 5) is 23.9. The van der Waals surface area contributed by atoms with Gasteiger partial charge in [-0.1, -0.05) is 12.1 Å². The molecule has 0 aliphatic carbocycles. The Morgan fingerprint density at radius 2 is 2.22 bits per heavy atom. The van der Waals surface area contributed by atoms with Crippen LogP contribution < -0.4 is 4.74 Å². The van der Waals surface area contributed by atoms with Crippen LogP contribution in [-0.2, 0) is 4.79 Å². The summed E-state index contributed by atoms with van der Waals surface area (Å²) in [5, 5.41) is 5.13. The van der Waals surface area contributed by atoms with Crippen molar-refractivity contribution < 1.29 is 9.53 Å². The van der Waals surface area contributed by atoms with Crippen molar-refractivity contribution >= 4 is 34.2 Å². The van der Waals surface area contributed by atoms with Gasteiger partial charge in [-0.25, -0.2) is 0 Å². The number of Topliss-reactive ketones (excluding diaryl/α,β-unsaturated/α-hetero) is 1. The molecule has 0 amide bonds. The van der Waals surface area contributed by atoms with Gasteiger partial charge in [0.25, 0.3) is 0 Å². The number of aliphatic imine (C=N–C) groups is 1. The fourth-order valence-corrected chi connectivity index (χ4v) is 3.37.